The van der Waals surface area contributed by atoms with Crippen molar-refractivity contribution in [2.75, 3.05) is 19.0 Å². The first-order valence-electron chi connectivity index (χ1n) is 7.80. The Bertz CT molecular complexity index is 826. The summed E-state index contributed by atoms with van der Waals surface area (Å²) >= 11 is 0. The van der Waals surface area contributed by atoms with Gasteiger partial charge in [0.05, 0.1) is 12.9 Å². The van der Waals surface area contributed by atoms with E-state index in [1.54, 1.807) is 13.4 Å². The molecule has 1 aromatic carbocycles. The first-order valence-corrected chi connectivity index (χ1v) is 7.80. The second-order valence-electron chi connectivity index (χ2n) is 5.73. The molecule has 126 valence electrons. The Morgan fingerprint density at radius 2 is 1.96 bits per heavy atom. The maximum atomic E-state index is 10.4. The van der Waals surface area contributed by atoms with E-state index in [9.17, 15) is 5.11 Å². The van der Waals surface area contributed by atoms with Crippen molar-refractivity contribution in [3.05, 3.63) is 42.0 Å². The third-order valence-electron chi connectivity index (χ3n) is 3.88. The topological polar surface area (TPSA) is 85.1 Å². The Hall–Kier alpha value is -2.67. The average Bonchev–Trinajstić information content (AvgIpc) is 2.97. The van der Waals surface area contributed by atoms with Crippen LogP contribution < -0.4 is 10.1 Å². The number of imidazole rings is 1. The lowest BCUT2D eigenvalue weighted by Crippen LogP contribution is -2.24. The summed E-state index contributed by atoms with van der Waals surface area (Å²) < 4.78 is 7.65. The van der Waals surface area contributed by atoms with Crippen LogP contribution in [0.1, 0.15) is 11.1 Å². The molecule has 2 heterocycles. The molecule has 0 spiro atoms. The number of para-hydroxylation sites is 1. The molecule has 0 aliphatic heterocycles. The molecule has 7 heteroatoms. The van der Waals surface area contributed by atoms with Crippen LogP contribution in [0.2, 0.25) is 0 Å². The van der Waals surface area contributed by atoms with Gasteiger partial charge in [-0.15, -0.1) is 0 Å². The molecule has 0 saturated heterocycles. The van der Waals surface area contributed by atoms with E-state index in [0.29, 0.717) is 18.0 Å². The van der Waals surface area contributed by atoms with Crippen molar-refractivity contribution in [1.82, 2.24) is 19.5 Å². The van der Waals surface area contributed by atoms with Crippen LogP contribution in [0.25, 0.3) is 11.2 Å². The van der Waals surface area contributed by atoms with Gasteiger partial charge in [-0.25, -0.2) is 15.0 Å². The lowest BCUT2D eigenvalue weighted by atomic mass is 10.1. The van der Waals surface area contributed by atoms with E-state index in [4.69, 9.17) is 4.74 Å². The van der Waals surface area contributed by atoms with Gasteiger partial charge in [0, 0.05) is 7.05 Å². The van der Waals surface area contributed by atoms with Gasteiger partial charge in [0.25, 0.3) is 0 Å². The Balaban J connectivity index is 1.73. The Labute approximate surface area is 140 Å². The van der Waals surface area contributed by atoms with E-state index in [-0.39, 0.29) is 6.61 Å². The van der Waals surface area contributed by atoms with Crippen molar-refractivity contribution < 1.29 is 9.84 Å². The van der Waals surface area contributed by atoms with Gasteiger partial charge in [-0.2, -0.15) is 0 Å². The zero-order chi connectivity index (χ0) is 17.1. The van der Waals surface area contributed by atoms with E-state index in [2.05, 4.69) is 20.3 Å². The average molecular weight is 327 g/mol. The predicted octanol–water partition coefficient (Wildman–Crippen LogP) is 1.92. The van der Waals surface area contributed by atoms with Crippen LogP contribution >= 0.6 is 0 Å². The number of benzene rings is 1. The number of hydrogen-bond donors (Lipinski definition) is 2. The van der Waals surface area contributed by atoms with E-state index in [1.165, 1.54) is 6.33 Å². The summed E-state index contributed by atoms with van der Waals surface area (Å²) in [4.78, 5) is 12.6. The quantitative estimate of drug-likeness (QED) is 0.719. The Morgan fingerprint density at radius 1 is 1.21 bits per heavy atom. The standard InChI is InChI=1S/C17H21N5O2/c1-11-5-4-6-12(2)15(11)24-8-13(23)7-22-10-21-17-14(22)16(18-3)19-9-20-17/h4-6,9-10,13,23H,7-8H2,1-3H3,(H,18,19,20)/t13-/m0/s1. The van der Waals surface area contributed by atoms with Crippen LogP contribution in [-0.4, -0.2) is 44.4 Å². The van der Waals surface area contributed by atoms with Crippen molar-refractivity contribution in [2.45, 2.75) is 26.5 Å². The van der Waals surface area contributed by atoms with Crippen molar-refractivity contribution in [3.63, 3.8) is 0 Å². The minimum atomic E-state index is -0.675. The number of aliphatic hydroxyl groups excluding tert-OH is 1. The second-order valence-corrected chi connectivity index (χ2v) is 5.73. The van der Waals surface area contributed by atoms with E-state index >= 15 is 0 Å². The van der Waals surface area contributed by atoms with Crippen molar-refractivity contribution in [2.24, 2.45) is 0 Å². The highest BCUT2D eigenvalue weighted by Gasteiger charge is 2.14. The summed E-state index contributed by atoms with van der Waals surface area (Å²) in [6.07, 6.45) is 2.44. The number of ether oxygens (including phenoxy) is 1. The molecule has 0 aliphatic rings. The largest absolute Gasteiger partial charge is 0.490 e. The minimum absolute atomic E-state index is 0.202. The summed E-state index contributed by atoms with van der Waals surface area (Å²) in [6, 6.07) is 5.98. The van der Waals surface area contributed by atoms with Gasteiger partial charge in [-0.3, -0.25) is 0 Å². The second kappa shape index (κ2) is 6.84. The molecule has 0 amide bonds. The zero-order valence-corrected chi connectivity index (χ0v) is 14.0. The molecule has 2 aromatic heterocycles. The van der Waals surface area contributed by atoms with Gasteiger partial charge in [0.2, 0.25) is 0 Å². The van der Waals surface area contributed by atoms with Gasteiger partial charge in [-0.05, 0) is 25.0 Å². The smallest absolute Gasteiger partial charge is 0.182 e. The summed E-state index contributed by atoms with van der Waals surface area (Å²) in [6.45, 7) is 4.54. The monoisotopic (exact) mass is 327 g/mol. The normalized spacial score (nSPS) is 12.3. The molecule has 3 rings (SSSR count). The lowest BCUT2D eigenvalue weighted by molar-refractivity contribution is 0.0928. The Morgan fingerprint density at radius 3 is 2.67 bits per heavy atom. The van der Waals surface area contributed by atoms with Gasteiger partial charge in [-0.1, -0.05) is 18.2 Å². The summed E-state index contributed by atoms with van der Waals surface area (Å²) in [5, 5.41) is 13.4. The number of anilines is 1. The van der Waals surface area contributed by atoms with Gasteiger partial charge >= 0.3 is 0 Å². The highest BCUT2D eigenvalue weighted by Crippen LogP contribution is 2.23. The molecule has 0 saturated carbocycles. The summed E-state index contributed by atoms with van der Waals surface area (Å²) in [7, 11) is 1.79. The van der Waals surface area contributed by atoms with Crippen molar-refractivity contribution >= 4 is 17.0 Å². The van der Waals surface area contributed by atoms with Gasteiger partial charge in [0.15, 0.2) is 11.5 Å². The van der Waals surface area contributed by atoms with Crippen molar-refractivity contribution in [1.29, 1.82) is 0 Å². The summed E-state index contributed by atoms with van der Waals surface area (Å²) in [5.41, 5.74) is 3.48. The SMILES string of the molecule is CNc1ncnc2ncn(C[C@H](O)COc3c(C)cccc3C)c12. The lowest BCUT2D eigenvalue weighted by Gasteiger charge is -2.16. The molecule has 24 heavy (non-hydrogen) atoms. The van der Waals surface area contributed by atoms with E-state index < -0.39 is 6.10 Å². The zero-order valence-electron chi connectivity index (χ0n) is 14.0. The number of rotatable bonds is 6. The fourth-order valence-electron chi connectivity index (χ4n) is 2.72. The number of hydrogen-bond acceptors (Lipinski definition) is 6. The number of aliphatic hydroxyl groups is 1. The maximum absolute atomic E-state index is 10.4. The highest BCUT2D eigenvalue weighted by molar-refractivity contribution is 5.82. The number of aryl methyl sites for hydroxylation is 2. The van der Waals surface area contributed by atoms with Crippen LogP contribution in [0, 0.1) is 13.8 Å². The number of fused-ring (bicyclic) bond motifs is 1. The van der Waals surface area contributed by atoms with Crippen LogP contribution in [-0.2, 0) is 6.54 Å². The molecule has 0 bridgehead atoms. The van der Waals surface area contributed by atoms with Gasteiger partial charge in [0.1, 0.15) is 30.3 Å². The fraction of sp³-hybridized carbons (Fsp3) is 0.353. The molecule has 0 unspecified atom stereocenters. The first kappa shape index (κ1) is 16.2. The highest BCUT2D eigenvalue weighted by atomic mass is 16.5. The molecular formula is C17H21N5O2. The Kier molecular flexibility index (Phi) is 4.61. The molecule has 0 aliphatic carbocycles. The van der Waals surface area contributed by atoms with Crippen LogP contribution in [0.3, 0.4) is 0 Å². The number of aromatic nitrogens is 4. The first-order chi connectivity index (χ1) is 11.6. The van der Waals surface area contributed by atoms with Crippen molar-refractivity contribution in [3.8, 4) is 5.75 Å². The maximum Gasteiger partial charge on any atom is 0.182 e. The minimum Gasteiger partial charge on any atom is -0.490 e. The number of nitrogens with one attached hydrogen (secondary N) is 1. The predicted molar refractivity (Wildman–Crippen MR) is 92.3 cm³/mol. The molecule has 2 N–H and O–H groups in total. The fourth-order valence-corrected chi connectivity index (χ4v) is 2.72. The van der Waals surface area contributed by atoms with Crippen LogP contribution in [0.5, 0.6) is 5.75 Å². The number of nitrogens with zero attached hydrogens (tertiary/aromatic N) is 4. The molecule has 3 aromatic rings. The molecule has 0 radical (unpaired) electrons. The molecule has 7 nitrogen and oxygen atoms in total. The molecular weight excluding hydrogens is 306 g/mol. The third-order valence-corrected chi connectivity index (χ3v) is 3.88. The molecule has 1 atom stereocenters. The van der Waals surface area contributed by atoms with E-state index in [0.717, 1.165) is 22.4 Å². The van der Waals surface area contributed by atoms with E-state index in [1.807, 2.05) is 36.6 Å². The molecule has 0 fully saturated rings. The third kappa shape index (κ3) is 3.16. The summed E-state index contributed by atoms with van der Waals surface area (Å²) in [5.74, 6) is 1.51. The van der Waals surface area contributed by atoms with Crippen LogP contribution in [0.4, 0.5) is 5.82 Å². The van der Waals surface area contributed by atoms with Gasteiger partial charge < -0.3 is 19.7 Å². The van der Waals surface area contributed by atoms with Crippen LogP contribution in [0.15, 0.2) is 30.9 Å².